The predicted octanol–water partition coefficient (Wildman–Crippen LogP) is 1.57. The molecule has 0 aliphatic carbocycles. The van der Waals surface area contributed by atoms with Crippen LogP contribution in [-0.4, -0.2) is 11.1 Å². The number of nitrogens with two attached hydrogens (primary N) is 1. The van der Waals surface area contributed by atoms with Gasteiger partial charge in [-0.25, -0.2) is 9.18 Å². The Kier molecular flexibility index (Phi) is 2.84. The van der Waals surface area contributed by atoms with Gasteiger partial charge in [0.25, 0.3) is 0 Å². The number of carboxylic acids is 1. The third-order valence-corrected chi connectivity index (χ3v) is 2.08. The highest BCUT2D eigenvalue weighted by atomic mass is 79.9. The van der Waals surface area contributed by atoms with E-state index in [-0.39, 0.29) is 15.7 Å². The maximum absolute atomic E-state index is 13.2. The van der Waals surface area contributed by atoms with E-state index in [2.05, 4.69) is 15.9 Å². The highest BCUT2D eigenvalue weighted by Gasteiger charge is 2.15. The van der Waals surface area contributed by atoms with Crippen LogP contribution in [0.25, 0.3) is 0 Å². The van der Waals surface area contributed by atoms with E-state index in [4.69, 9.17) is 10.9 Å². The second kappa shape index (κ2) is 3.71. The van der Waals surface area contributed by atoms with Crippen LogP contribution in [0.3, 0.4) is 0 Å². The van der Waals surface area contributed by atoms with Crippen LogP contribution in [0.2, 0.25) is 0 Å². The zero-order valence-electron chi connectivity index (χ0n) is 6.34. The number of aromatic carboxylic acids is 1. The third-order valence-electron chi connectivity index (χ3n) is 1.47. The Morgan fingerprint density at radius 3 is 2.69 bits per heavy atom. The number of nitrogen functional groups attached to an aromatic ring is 1. The van der Waals surface area contributed by atoms with Gasteiger partial charge in [-0.3, -0.25) is 5.84 Å². The maximum atomic E-state index is 13.2. The zero-order valence-corrected chi connectivity index (χ0v) is 7.93. The summed E-state index contributed by atoms with van der Waals surface area (Å²) in [6, 6.07) is 2.56. The minimum absolute atomic E-state index is 0.158. The molecule has 0 unspecified atom stereocenters. The van der Waals surface area contributed by atoms with Crippen molar-refractivity contribution < 1.29 is 14.3 Å². The Morgan fingerprint density at radius 2 is 2.23 bits per heavy atom. The van der Waals surface area contributed by atoms with Crippen LogP contribution < -0.4 is 11.3 Å². The molecule has 70 valence electrons. The number of nitrogens with one attached hydrogen (secondary N) is 1. The molecule has 1 aromatic carbocycles. The van der Waals surface area contributed by atoms with E-state index in [0.717, 1.165) is 0 Å². The van der Waals surface area contributed by atoms with Crippen LogP contribution in [0.1, 0.15) is 10.4 Å². The van der Waals surface area contributed by atoms with E-state index < -0.39 is 11.8 Å². The highest BCUT2D eigenvalue weighted by molar-refractivity contribution is 9.10. The summed E-state index contributed by atoms with van der Waals surface area (Å²) < 4.78 is 13.3. The Morgan fingerprint density at radius 1 is 1.62 bits per heavy atom. The minimum atomic E-state index is -1.24. The average molecular weight is 249 g/mol. The largest absolute Gasteiger partial charge is 0.478 e. The summed E-state index contributed by atoms with van der Waals surface area (Å²) in [6.45, 7) is 0. The zero-order chi connectivity index (χ0) is 10.0. The molecule has 4 nitrogen and oxygen atoms in total. The molecule has 0 amide bonds. The summed E-state index contributed by atoms with van der Waals surface area (Å²) in [5.41, 5.74) is 1.56. The van der Waals surface area contributed by atoms with Gasteiger partial charge in [0.1, 0.15) is 5.69 Å². The minimum Gasteiger partial charge on any atom is -0.478 e. The van der Waals surface area contributed by atoms with Crippen molar-refractivity contribution in [1.29, 1.82) is 0 Å². The topological polar surface area (TPSA) is 75.3 Å². The molecule has 0 radical (unpaired) electrons. The number of benzene rings is 1. The number of rotatable bonds is 2. The number of anilines is 1. The molecule has 0 aromatic heterocycles. The fourth-order valence-electron chi connectivity index (χ4n) is 0.870. The van der Waals surface area contributed by atoms with Gasteiger partial charge in [-0.05, 0) is 28.1 Å². The van der Waals surface area contributed by atoms with Crippen LogP contribution >= 0.6 is 15.9 Å². The van der Waals surface area contributed by atoms with Gasteiger partial charge in [0.15, 0.2) is 5.82 Å². The van der Waals surface area contributed by atoms with Crippen LogP contribution in [0.15, 0.2) is 16.6 Å². The molecule has 1 aromatic rings. The lowest BCUT2D eigenvalue weighted by Gasteiger charge is -2.06. The number of hydrazine groups is 1. The lowest BCUT2D eigenvalue weighted by atomic mass is 10.2. The van der Waals surface area contributed by atoms with E-state index in [0.29, 0.717) is 0 Å². The highest BCUT2D eigenvalue weighted by Crippen LogP contribution is 2.26. The number of halogens is 2. The van der Waals surface area contributed by atoms with Gasteiger partial charge < -0.3 is 10.5 Å². The lowest BCUT2D eigenvalue weighted by molar-refractivity contribution is 0.0697. The Balaban J connectivity index is 3.38. The van der Waals surface area contributed by atoms with Crippen molar-refractivity contribution >= 4 is 27.6 Å². The summed E-state index contributed by atoms with van der Waals surface area (Å²) in [5, 5.41) is 8.63. The molecule has 0 heterocycles. The SMILES string of the molecule is NNc1c(C(=O)O)ccc(Br)c1F. The molecule has 13 heavy (non-hydrogen) atoms. The van der Waals surface area contributed by atoms with Crippen LogP contribution in [0.5, 0.6) is 0 Å². The van der Waals surface area contributed by atoms with Crippen molar-refractivity contribution in [2.75, 3.05) is 5.43 Å². The van der Waals surface area contributed by atoms with Gasteiger partial charge >= 0.3 is 5.97 Å². The van der Waals surface area contributed by atoms with Gasteiger partial charge in [-0.2, -0.15) is 0 Å². The summed E-state index contributed by atoms with van der Waals surface area (Å²) in [6.07, 6.45) is 0. The van der Waals surface area contributed by atoms with E-state index >= 15 is 0 Å². The first-order valence-electron chi connectivity index (χ1n) is 3.26. The van der Waals surface area contributed by atoms with E-state index in [9.17, 15) is 9.18 Å². The van der Waals surface area contributed by atoms with E-state index in [1.54, 1.807) is 0 Å². The van der Waals surface area contributed by atoms with Crippen molar-refractivity contribution in [3.8, 4) is 0 Å². The summed E-state index contributed by atoms with van der Waals surface area (Å²) in [4.78, 5) is 10.6. The number of carboxylic acid groups (broad SMARTS) is 1. The molecule has 0 saturated heterocycles. The summed E-state index contributed by atoms with van der Waals surface area (Å²) >= 11 is 2.91. The van der Waals surface area contributed by atoms with Gasteiger partial charge in [-0.15, -0.1) is 0 Å². The molecule has 4 N–H and O–H groups in total. The second-order valence-electron chi connectivity index (χ2n) is 2.23. The number of hydrogen-bond acceptors (Lipinski definition) is 3. The summed E-state index contributed by atoms with van der Waals surface area (Å²) in [7, 11) is 0. The molecule has 0 atom stereocenters. The average Bonchev–Trinajstić information content (AvgIpc) is 2.09. The maximum Gasteiger partial charge on any atom is 0.337 e. The first-order chi connectivity index (χ1) is 6.07. The van der Waals surface area contributed by atoms with Crippen LogP contribution in [0, 0.1) is 5.82 Å². The Hall–Kier alpha value is -1.14. The van der Waals surface area contributed by atoms with Crippen LogP contribution in [0.4, 0.5) is 10.1 Å². The Bertz CT molecular complexity index is 357. The molecular formula is C7H6BrFN2O2. The normalized spacial score (nSPS) is 9.77. The van der Waals surface area contributed by atoms with Gasteiger partial charge in [0, 0.05) is 0 Å². The Labute approximate surface area is 81.6 Å². The number of carbonyl (C=O) groups is 1. The predicted molar refractivity (Wildman–Crippen MR) is 48.9 cm³/mol. The van der Waals surface area contributed by atoms with E-state index in [1.165, 1.54) is 12.1 Å². The van der Waals surface area contributed by atoms with Gasteiger partial charge in [0.05, 0.1) is 10.0 Å². The fraction of sp³-hybridized carbons (Fsp3) is 0. The van der Waals surface area contributed by atoms with Crippen molar-refractivity contribution in [2.24, 2.45) is 5.84 Å². The number of hydrogen-bond donors (Lipinski definition) is 3. The van der Waals surface area contributed by atoms with Gasteiger partial charge in [0.2, 0.25) is 0 Å². The quantitative estimate of drug-likeness (QED) is 0.549. The monoisotopic (exact) mass is 248 g/mol. The first-order valence-corrected chi connectivity index (χ1v) is 4.05. The van der Waals surface area contributed by atoms with Crippen molar-refractivity contribution in [2.45, 2.75) is 0 Å². The van der Waals surface area contributed by atoms with Crippen molar-refractivity contribution in [1.82, 2.24) is 0 Å². The summed E-state index contributed by atoms with van der Waals surface area (Å²) in [5.74, 6) is 3.03. The fourth-order valence-corrected chi connectivity index (χ4v) is 1.20. The molecule has 0 bridgehead atoms. The third kappa shape index (κ3) is 1.78. The van der Waals surface area contributed by atoms with Crippen molar-refractivity contribution in [3.63, 3.8) is 0 Å². The standard InChI is InChI=1S/C7H6BrFN2O2/c8-4-2-1-3(7(12)13)6(11-10)5(4)9/h1-2,11H,10H2,(H,12,13). The molecular weight excluding hydrogens is 243 g/mol. The second-order valence-corrected chi connectivity index (χ2v) is 3.09. The van der Waals surface area contributed by atoms with Gasteiger partial charge in [-0.1, -0.05) is 0 Å². The smallest absolute Gasteiger partial charge is 0.337 e. The molecule has 0 spiro atoms. The van der Waals surface area contributed by atoms with Crippen LogP contribution in [-0.2, 0) is 0 Å². The van der Waals surface area contributed by atoms with Crippen molar-refractivity contribution in [3.05, 3.63) is 28.0 Å². The molecule has 0 aliphatic rings. The molecule has 0 saturated carbocycles. The molecule has 1 rings (SSSR count). The molecule has 0 aliphatic heterocycles. The molecule has 6 heteroatoms. The first kappa shape index (κ1) is 9.94. The lowest BCUT2D eigenvalue weighted by Crippen LogP contribution is -2.13. The van der Waals surface area contributed by atoms with E-state index in [1.807, 2.05) is 5.43 Å². The molecule has 0 fully saturated rings.